The molecule has 5 heteroatoms. The molecule has 0 aliphatic heterocycles. The lowest BCUT2D eigenvalue weighted by Crippen LogP contribution is -2.32. The molecule has 0 atom stereocenters. The molecule has 0 radical (unpaired) electrons. The second kappa shape index (κ2) is 6.12. The molecule has 0 unspecified atom stereocenters. The molecule has 23 heavy (non-hydrogen) atoms. The summed E-state index contributed by atoms with van der Waals surface area (Å²) in [6, 6.07) is 11.0. The standard InChI is InChI=1S/C18H18N2O3/c1-3-20(18(22)15-8-5-9-23-15)11-14-10-13-7-4-6-12(2)16(13)19-17(14)21/h4-10H,3,11H2,1-2H3,(H,19,21). The van der Waals surface area contributed by atoms with Crippen LogP contribution >= 0.6 is 0 Å². The van der Waals surface area contributed by atoms with Gasteiger partial charge in [-0.15, -0.1) is 0 Å². The lowest BCUT2D eigenvalue weighted by atomic mass is 10.1. The van der Waals surface area contributed by atoms with Gasteiger partial charge in [0.2, 0.25) is 0 Å². The molecule has 0 bridgehead atoms. The third-order valence-electron chi connectivity index (χ3n) is 3.93. The minimum Gasteiger partial charge on any atom is -0.459 e. The fraction of sp³-hybridized carbons (Fsp3) is 0.222. The first-order valence-electron chi connectivity index (χ1n) is 7.54. The Morgan fingerprint density at radius 3 is 2.78 bits per heavy atom. The number of fused-ring (bicyclic) bond motifs is 1. The van der Waals surface area contributed by atoms with E-state index in [2.05, 4.69) is 4.98 Å². The summed E-state index contributed by atoms with van der Waals surface area (Å²) in [5.74, 6) is 0.0566. The Bertz CT molecular complexity index is 894. The van der Waals surface area contributed by atoms with Crippen LogP contribution in [0.25, 0.3) is 10.9 Å². The maximum Gasteiger partial charge on any atom is 0.289 e. The van der Waals surface area contributed by atoms with Gasteiger partial charge in [-0.2, -0.15) is 0 Å². The topological polar surface area (TPSA) is 66.3 Å². The predicted octanol–water partition coefficient (Wildman–Crippen LogP) is 3.09. The van der Waals surface area contributed by atoms with Gasteiger partial charge in [-0.1, -0.05) is 18.2 Å². The number of H-pyrrole nitrogens is 1. The summed E-state index contributed by atoms with van der Waals surface area (Å²) >= 11 is 0. The average Bonchev–Trinajstić information content (AvgIpc) is 3.07. The van der Waals surface area contributed by atoms with Gasteiger partial charge in [-0.05, 0) is 43.0 Å². The summed E-state index contributed by atoms with van der Waals surface area (Å²) in [6.45, 7) is 4.57. The van der Waals surface area contributed by atoms with Gasteiger partial charge in [-0.3, -0.25) is 9.59 Å². The van der Waals surface area contributed by atoms with E-state index in [1.807, 2.05) is 38.1 Å². The lowest BCUT2D eigenvalue weighted by Gasteiger charge is -2.19. The Hall–Kier alpha value is -2.82. The van der Waals surface area contributed by atoms with E-state index in [0.717, 1.165) is 16.5 Å². The summed E-state index contributed by atoms with van der Waals surface area (Å²) in [7, 11) is 0. The van der Waals surface area contributed by atoms with Crippen LogP contribution in [0.4, 0.5) is 0 Å². The highest BCUT2D eigenvalue weighted by molar-refractivity contribution is 5.91. The molecule has 0 saturated carbocycles. The number of amides is 1. The van der Waals surface area contributed by atoms with Crippen LogP contribution in [-0.2, 0) is 6.54 Å². The SMILES string of the molecule is CCN(Cc1cc2cccc(C)c2[nH]c1=O)C(=O)c1ccco1. The maximum atomic E-state index is 12.4. The van der Waals surface area contributed by atoms with Crippen molar-refractivity contribution in [3.8, 4) is 0 Å². The van der Waals surface area contributed by atoms with Gasteiger partial charge in [0.1, 0.15) is 0 Å². The van der Waals surface area contributed by atoms with Crippen molar-refractivity contribution in [3.63, 3.8) is 0 Å². The molecule has 1 N–H and O–H groups in total. The van der Waals surface area contributed by atoms with Crippen LogP contribution in [-0.4, -0.2) is 22.3 Å². The summed E-state index contributed by atoms with van der Waals surface area (Å²) in [6.07, 6.45) is 1.46. The Morgan fingerprint density at radius 1 is 1.26 bits per heavy atom. The predicted molar refractivity (Wildman–Crippen MR) is 88.4 cm³/mol. The van der Waals surface area contributed by atoms with Crippen LogP contribution in [0.1, 0.15) is 28.6 Å². The number of furan rings is 1. The first-order chi connectivity index (χ1) is 11.1. The second-order valence-corrected chi connectivity index (χ2v) is 5.46. The van der Waals surface area contributed by atoms with Gasteiger partial charge < -0.3 is 14.3 Å². The van der Waals surface area contributed by atoms with Crippen LogP contribution in [0.2, 0.25) is 0 Å². The number of pyridine rings is 1. The van der Waals surface area contributed by atoms with Gasteiger partial charge in [0.25, 0.3) is 11.5 Å². The average molecular weight is 310 g/mol. The number of carbonyl (C=O) groups is 1. The van der Waals surface area contributed by atoms with Crippen molar-refractivity contribution in [2.24, 2.45) is 0 Å². The Kier molecular flexibility index (Phi) is 4.02. The molecule has 3 rings (SSSR count). The number of benzene rings is 1. The van der Waals surface area contributed by atoms with E-state index in [1.54, 1.807) is 17.0 Å². The molecular formula is C18H18N2O3. The quantitative estimate of drug-likeness (QED) is 0.805. The zero-order chi connectivity index (χ0) is 16.4. The van der Waals surface area contributed by atoms with Crippen molar-refractivity contribution in [2.45, 2.75) is 20.4 Å². The summed E-state index contributed by atoms with van der Waals surface area (Å²) in [5.41, 5.74) is 2.24. The van der Waals surface area contributed by atoms with Crippen molar-refractivity contribution in [1.82, 2.24) is 9.88 Å². The number of hydrogen-bond donors (Lipinski definition) is 1. The Labute approximate surface area is 133 Å². The van der Waals surface area contributed by atoms with Crippen molar-refractivity contribution in [3.05, 3.63) is 69.9 Å². The molecule has 1 amide bonds. The molecule has 0 spiro atoms. The molecule has 118 valence electrons. The normalized spacial score (nSPS) is 10.9. The van der Waals surface area contributed by atoms with Gasteiger partial charge in [-0.25, -0.2) is 0 Å². The number of para-hydroxylation sites is 1. The number of aromatic amines is 1. The number of hydrogen-bond acceptors (Lipinski definition) is 3. The number of nitrogens with zero attached hydrogens (tertiary/aromatic N) is 1. The Morgan fingerprint density at radius 2 is 2.09 bits per heavy atom. The van der Waals surface area contributed by atoms with E-state index in [0.29, 0.717) is 12.1 Å². The zero-order valence-electron chi connectivity index (χ0n) is 13.1. The minimum atomic E-state index is -0.221. The van der Waals surface area contributed by atoms with Crippen LogP contribution in [0, 0.1) is 6.92 Å². The van der Waals surface area contributed by atoms with E-state index < -0.39 is 0 Å². The van der Waals surface area contributed by atoms with Crippen molar-refractivity contribution >= 4 is 16.8 Å². The van der Waals surface area contributed by atoms with E-state index in [1.165, 1.54) is 6.26 Å². The molecule has 5 nitrogen and oxygen atoms in total. The van der Waals surface area contributed by atoms with Crippen molar-refractivity contribution < 1.29 is 9.21 Å². The van der Waals surface area contributed by atoms with E-state index in [4.69, 9.17) is 4.42 Å². The molecule has 3 aromatic rings. The molecule has 2 aromatic heterocycles. The zero-order valence-corrected chi connectivity index (χ0v) is 13.1. The van der Waals surface area contributed by atoms with Crippen LogP contribution in [0.15, 0.2) is 51.9 Å². The van der Waals surface area contributed by atoms with Crippen molar-refractivity contribution in [1.29, 1.82) is 0 Å². The van der Waals surface area contributed by atoms with E-state index in [9.17, 15) is 9.59 Å². The number of aryl methyl sites for hydroxylation is 1. The van der Waals surface area contributed by atoms with Gasteiger partial charge in [0.05, 0.1) is 18.3 Å². The molecule has 0 fully saturated rings. The number of rotatable bonds is 4. The summed E-state index contributed by atoms with van der Waals surface area (Å²) < 4.78 is 5.15. The second-order valence-electron chi connectivity index (χ2n) is 5.46. The third-order valence-corrected chi connectivity index (χ3v) is 3.93. The monoisotopic (exact) mass is 310 g/mol. The van der Waals surface area contributed by atoms with Crippen LogP contribution < -0.4 is 5.56 Å². The fourth-order valence-corrected chi connectivity index (χ4v) is 2.63. The smallest absolute Gasteiger partial charge is 0.289 e. The summed E-state index contributed by atoms with van der Waals surface area (Å²) in [4.78, 5) is 29.2. The van der Waals surface area contributed by atoms with Crippen molar-refractivity contribution in [2.75, 3.05) is 6.54 Å². The molecule has 0 aliphatic rings. The number of nitrogens with one attached hydrogen (secondary N) is 1. The molecule has 1 aromatic carbocycles. The van der Waals surface area contributed by atoms with Crippen LogP contribution in [0.3, 0.4) is 0 Å². The van der Waals surface area contributed by atoms with E-state index in [-0.39, 0.29) is 23.8 Å². The van der Waals surface area contributed by atoms with Crippen LogP contribution in [0.5, 0.6) is 0 Å². The fourth-order valence-electron chi connectivity index (χ4n) is 2.63. The Balaban J connectivity index is 1.95. The summed E-state index contributed by atoms with van der Waals surface area (Å²) in [5, 5.41) is 0.959. The lowest BCUT2D eigenvalue weighted by molar-refractivity contribution is 0.0720. The van der Waals surface area contributed by atoms with Gasteiger partial charge in [0.15, 0.2) is 5.76 Å². The molecule has 0 saturated heterocycles. The minimum absolute atomic E-state index is 0.169. The third kappa shape index (κ3) is 2.90. The number of carbonyl (C=O) groups excluding carboxylic acids is 1. The first-order valence-corrected chi connectivity index (χ1v) is 7.54. The van der Waals surface area contributed by atoms with Gasteiger partial charge >= 0.3 is 0 Å². The number of aromatic nitrogens is 1. The highest BCUT2D eigenvalue weighted by Crippen LogP contribution is 2.16. The molecule has 2 heterocycles. The highest BCUT2D eigenvalue weighted by Gasteiger charge is 2.18. The largest absolute Gasteiger partial charge is 0.459 e. The van der Waals surface area contributed by atoms with Gasteiger partial charge in [0, 0.05) is 12.1 Å². The maximum absolute atomic E-state index is 12.4. The first kappa shape index (κ1) is 15.1. The molecule has 0 aliphatic carbocycles. The van der Waals surface area contributed by atoms with E-state index >= 15 is 0 Å². The molecular weight excluding hydrogens is 292 g/mol. The highest BCUT2D eigenvalue weighted by atomic mass is 16.3.